The van der Waals surface area contributed by atoms with Gasteiger partial charge in [-0.1, -0.05) is 46.6 Å². The molecule has 1 saturated carbocycles. The van der Waals surface area contributed by atoms with Crippen LogP contribution in [0.5, 0.6) is 5.75 Å². The average Bonchev–Trinajstić information content (AvgIpc) is 3.20. The molecule has 3 aromatic rings. The fourth-order valence-corrected chi connectivity index (χ4v) is 5.79. The van der Waals surface area contributed by atoms with Crippen molar-refractivity contribution in [1.29, 1.82) is 0 Å². The zero-order valence-electron chi connectivity index (χ0n) is 22.1. The van der Waals surface area contributed by atoms with E-state index in [0.29, 0.717) is 18.4 Å². The largest absolute Gasteiger partial charge is 0.423 e. The first-order valence-corrected chi connectivity index (χ1v) is 14.4. The molecule has 210 valence electrons. The van der Waals surface area contributed by atoms with Crippen molar-refractivity contribution in [3.8, 4) is 5.75 Å². The van der Waals surface area contributed by atoms with Crippen LogP contribution in [0.15, 0.2) is 77.3 Å². The van der Waals surface area contributed by atoms with E-state index in [1.807, 2.05) is 6.92 Å². The number of ketones is 1. The van der Waals surface area contributed by atoms with Crippen molar-refractivity contribution in [2.45, 2.75) is 26.2 Å². The van der Waals surface area contributed by atoms with Crippen molar-refractivity contribution in [1.82, 2.24) is 10.0 Å². The van der Waals surface area contributed by atoms with Crippen LogP contribution in [-0.2, 0) is 9.59 Å². The number of ether oxygens (including phenoxy) is 1. The Hall–Kier alpha value is -3.82. The number of hydrogen-bond donors (Lipinski definition) is 0. The van der Waals surface area contributed by atoms with Crippen molar-refractivity contribution < 1.29 is 28.7 Å². The van der Waals surface area contributed by atoms with Crippen LogP contribution in [0.2, 0.25) is 5.02 Å². The van der Waals surface area contributed by atoms with Gasteiger partial charge < -0.3 is 4.74 Å². The number of halogens is 2. The predicted molar refractivity (Wildman–Crippen MR) is 154 cm³/mol. The lowest BCUT2D eigenvalue weighted by atomic mass is 9.76. The molecule has 10 heteroatoms. The molecule has 0 radical (unpaired) electrons. The predicted octanol–water partition coefficient (Wildman–Crippen LogP) is 5.98. The second-order valence-electron chi connectivity index (χ2n) is 10.3. The minimum atomic E-state index is -0.725. The molecule has 3 amide bonds. The molecular weight excluding hydrogens is 612 g/mol. The molecule has 0 unspecified atom stereocenters. The number of carbonyl (C=O) groups is 5. The Morgan fingerprint density at radius 1 is 0.902 bits per heavy atom. The van der Waals surface area contributed by atoms with Gasteiger partial charge in [0.05, 0.1) is 28.0 Å². The molecule has 3 aromatic carbocycles. The zero-order valence-corrected chi connectivity index (χ0v) is 24.4. The van der Waals surface area contributed by atoms with Crippen molar-refractivity contribution in [2.75, 3.05) is 6.54 Å². The highest BCUT2D eigenvalue weighted by Gasteiger charge is 2.53. The molecule has 2 aliphatic rings. The maximum absolute atomic E-state index is 13.7. The summed E-state index contributed by atoms with van der Waals surface area (Å²) in [6, 6.07) is 18.8. The molecule has 1 aliphatic carbocycles. The Balaban J connectivity index is 1.38. The SMILES string of the molecule is C[C@@H]1CC[C@@H]2C(=O)N(N(CC(=O)c3ccc(OC(=O)c4ccc(Br)cc4)cc3)C(=O)c3ccccc3Cl)C(=O)[C@@H]2C1. The van der Waals surface area contributed by atoms with E-state index in [2.05, 4.69) is 15.9 Å². The van der Waals surface area contributed by atoms with Crippen molar-refractivity contribution in [3.63, 3.8) is 0 Å². The third-order valence-corrected chi connectivity index (χ3v) is 8.36. The van der Waals surface area contributed by atoms with Crippen LogP contribution in [0.3, 0.4) is 0 Å². The number of rotatable bonds is 7. The molecule has 41 heavy (non-hydrogen) atoms. The van der Waals surface area contributed by atoms with Crippen LogP contribution < -0.4 is 4.74 Å². The fourth-order valence-electron chi connectivity index (χ4n) is 5.31. The zero-order chi connectivity index (χ0) is 29.3. The molecule has 0 bridgehead atoms. The summed E-state index contributed by atoms with van der Waals surface area (Å²) in [4.78, 5) is 66.4. The number of nitrogens with zero attached hydrogens (tertiary/aromatic N) is 2. The number of carbonyl (C=O) groups excluding carboxylic acids is 5. The lowest BCUT2D eigenvalue weighted by Crippen LogP contribution is -2.52. The van der Waals surface area contributed by atoms with Crippen LogP contribution >= 0.6 is 27.5 Å². The lowest BCUT2D eigenvalue weighted by Gasteiger charge is -2.30. The lowest BCUT2D eigenvalue weighted by molar-refractivity contribution is -0.154. The Kier molecular flexibility index (Phi) is 8.37. The van der Waals surface area contributed by atoms with Gasteiger partial charge in [-0.05, 0) is 85.8 Å². The van der Waals surface area contributed by atoms with Gasteiger partial charge in [0.2, 0.25) is 0 Å². The van der Waals surface area contributed by atoms with Gasteiger partial charge in [0.1, 0.15) is 12.3 Å². The molecule has 0 N–H and O–H groups in total. The minimum absolute atomic E-state index is 0.0704. The topological polar surface area (TPSA) is 101 Å². The van der Waals surface area contributed by atoms with Gasteiger partial charge in [-0.15, -0.1) is 0 Å². The quantitative estimate of drug-likeness (QED) is 0.137. The summed E-state index contributed by atoms with van der Waals surface area (Å²) in [5, 5.41) is 1.90. The van der Waals surface area contributed by atoms with Gasteiger partial charge in [0, 0.05) is 10.0 Å². The first-order chi connectivity index (χ1) is 19.6. The maximum atomic E-state index is 13.7. The third kappa shape index (κ3) is 5.96. The molecular formula is C31H26BrClN2O6. The minimum Gasteiger partial charge on any atom is -0.423 e. The van der Waals surface area contributed by atoms with Crippen LogP contribution in [0, 0.1) is 17.8 Å². The van der Waals surface area contributed by atoms with Gasteiger partial charge in [0.15, 0.2) is 5.78 Å². The smallest absolute Gasteiger partial charge is 0.343 e. The van der Waals surface area contributed by atoms with Crippen molar-refractivity contribution in [2.24, 2.45) is 17.8 Å². The summed E-state index contributed by atoms with van der Waals surface area (Å²) < 4.78 is 6.22. The van der Waals surface area contributed by atoms with E-state index in [1.165, 1.54) is 36.4 Å². The standard InChI is InChI=1S/C31H26BrClN2O6/c1-18-6-15-23-25(16-18)30(39)35(29(23)38)34(28(37)24-4-2-3-5-26(24)33)17-27(36)19-9-13-22(14-10-19)41-31(40)20-7-11-21(32)12-8-20/h2-5,7-14,18,23,25H,6,15-17H2,1H3/t18-,23+,25-/m1/s1. The highest BCUT2D eigenvalue weighted by Crippen LogP contribution is 2.41. The molecule has 1 saturated heterocycles. The van der Waals surface area contributed by atoms with Gasteiger partial charge in [-0.2, -0.15) is 5.01 Å². The summed E-state index contributed by atoms with van der Waals surface area (Å²) in [5.41, 5.74) is 0.633. The number of Topliss-reactive ketones (excluding diaryl/α,β-unsaturated/α-hetero) is 1. The number of esters is 1. The fraction of sp³-hybridized carbons (Fsp3) is 0.258. The molecule has 2 fully saturated rings. The van der Waals surface area contributed by atoms with Crippen LogP contribution in [0.1, 0.15) is 57.3 Å². The highest BCUT2D eigenvalue weighted by atomic mass is 79.9. The van der Waals surface area contributed by atoms with Crippen molar-refractivity contribution >= 4 is 57.0 Å². The number of imide groups is 1. The summed E-state index contributed by atoms with van der Waals surface area (Å²) in [5.74, 6) is -3.30. The molecule has 1 aliphatic heterocycles. The van der Waals surface area contributed by atoms with E-state index >= 15 is 0 Å². The van der Waals surface area contributed by atoms with E-state index in [-0.39, 0.29) is 27.8 Å². The third-order valence-electron chi connectivity index (χ3n) is 7.50. The summed E-state index contributed by atoms with van der Waals surface area (Å²) in [6.07, 6.45) is 1.91. The van der Waals surface area contributed by atoms with Gasteiger partial charge in [-0.25, -0.2) is 9.80 Å². The number of fused-ring (bicyclic) bond motifs is 1. The monoisotopic (exact) mass is 636 g/mol. The number of hydrogen-bond acceptors (Lipinski definition) is 6. The Morgan fingerprint density at radius 3 is 2.22 bits per heavy atom. The van der Waals surface area contributed by atoms with Crippen LogP contribution in [0.25, 0.3) is 0 Å². The van der Waals surface area contributed by atoms with E-state index < -0.39 is 47.9 Å². The molecule has 8 nitrogen and oxygen atoms in total. The van der Waals surface area contributed by atoms with E-state index in [4.69, 9.17) is 16.3 Å². The van der Waals surface area contributed by atoms with Gasteiger partial charge >= 0.3 is 5.97 Å². The van der Waals surface area contributed by atoms with E-state index in [1.54, 1.807) is 36.4 Å². The first-order valence-electron chi connectivity index (χ1n) is 13.2. The van der Waals surface area contributed by atoms with Gasteiger partial charge in [-0.3, -0.25) is 19.2 Å². The summed E-state index contributed by atoms with van der Waals surface area (Å²) >= 11 is 9.60. The Bertz CT molecular complexity index is 1520. The molecule has 0 spiro atoms. The molecule has 0 aromatic heterocycles. The Morgan fingerprint density at radius 2 is 1.54 bits per heavy atom. The van der Waals surface area contributed by atoms with Crippen LogP contribution in [-0.4, -0.2) is 46.0 Å². The van der Waals surface area contributed by atoms with Gasteiger partial charge in [0.25, 0.3) is 17.7 Å². The summed E-state index contributed by atoms with van der Waals surface area (Å²) in [6.45, 7) is 1.47. The Labute approximate surface area is 250 Å². The van der Waals surface area contributed by atoms with Crippen LogP contribution in [0.4, 0.5) is 0 Å². The number of hydrazine groups is 1. The second-order valence-corrected chi connectivity index (χ2v) is 11.6. The second kappa shape index (κ2) is 12.0. The normalized spacial score (nSPS) is 20.0. The molecule has 5 rings (SSSR count). The average molecular weight is 638 g/mol. The highest BCUT2D eigenvalue weighted by molar-refractivity contribution is 9.10. The van der Waals surface area contributed by atoms with E-state index in [9.17, 15) is 24.0 Å². The molecule has 1 heterocycles. The number of amides is 3. The van der Waals surface area contributed by atoms with Crippen molar-refractivity contribution in [3.05, 3.63) is 99.0 Å². The number of benzene rings is 3. The molecule has 3 atom stereocenters. The maximum Gasteiger partial charge on any atom is 0.343 e. The van der Waals surface area contributed by atoms with E-state index in [0.717, 1.165) is 20.9 Å². The summed E-state index contributed by atoms with van der Waals surface area (Å²) in [7, 11) is 0. The first kappa shape index (κ1) is 28.7.